The van der Waals surface area contributed by atoms with E-state index < -0.39 is 11.7 Å². The molecule has 0 aliphatic rings. The number of nitrogens with one attached hydrogen (secondary N) is 1. The Kier molecular flexibility index (Phi) is 5.26. The number of ether oxygens (including phenoxy) is 1. The van der Waals surface area contributed by atoms with Crippen LogP contribution in [0.2, 0.25) is 5.02 Å². The molecule has 1 N–H and O–H groups in total. The van der Waals surface area contributed by atoms with Crippen LogP contribution in [-0.2, 0) is 6.61 Å². The molecular formula is C19H14ClFN2O2. The van der Waals surface area contributed by atoms with E-state index in [1.807, 2.05) is 30.3 Å². The van der Waals surface area contributed by atoms with Crippen LogP contribution >= 0.6 is 11.6 Å². The molecule has 0 saturated carbocycles. The lowest BCUT2D eigenvalue weighted by atomic mass is 10.2. The van der Waals surface area contributed by atoms with Crippen molar-refractivity contribution in [1.82, 2.24) is 4.98 Å². The van der Waals surface area contributed by atoms with Gasteiger partial charge in [-0.05, 0) is 42.5 Å². The highest BCUT2D eigenvalue weighted by Gasteiger charge is 2.10. The number of para-hydroxylation sites is 1. The van der Waals surface area contributed by atoms with E-state index in [1.165, 1.54) is 18.3 Å². The molecule has 0 radical (unpaired) electrons. The Hall–Kier alpha value is -2.92. The lowest BCUT2D eigenvalue weighted by Crippen LogP contribution is -2.13. The zero-order chi connectivity index (χ0) is 17.6. The first-order valence-corrected chi connectivity index (χ1v) is 7.89. The van der Waals surface area contributed by atoms with Gasteiger partial charge in [0.25, 0.3) is 5.91 Å². The Bertz CT molecular complexity index is 870. The number of hydrogen-bond acceptors (Lipinski definition) is 3. The van der Waals surface area contributed by atoms with Gasteiger partial charge in [0.05, 0.1) is 16.9 Å². The number of carbonyl (C=O) groups is 1. The SMILES string of the molecule is O=C(Nc1ccc(Cl)cc1F)c1ccc(COc2ccccc2)nc1. The van der Waals surface area contributed by atoms with Gasteiger partial charge < -0.3 is 10.1 Å². The Balaban J connectivity index is 1.62. The van der Waals surface area contributed by atoms with Crippen LogP contribution < -0.4 is 10.1 Å². The van der Waals surface area contributed by atoms with Crippen molar-refractivity contribution in [1.29, 1.82) is 0 Å². The van der Waals surface area contributed by atoms with E-state index in [9.17, 15) is 9.18 Å². The number of rotatable bonds is 5. The summed E-state index contributed by atoms with van der Waals surface area (Å²) in [4.78, 5) is 16.4. The molecule has 4 nitrogen and oxygen atoms in total. The van der Waals surface area contributed by atoms with Crippen molar-refractivity contribution in [3.05, 3.63) is 89.0 Å². The molecule has 0 spiro atoms. The number of hydrogen-bond donors (Lipinski definition) is 1. The highest BCUT2D eigenvalue weighted by molar-refractivity contribution is 6.30. The molecule has 0 fully saturated rings. The van der Waals surface area contributed by atoms with Crippen molar-refractivity contribution in [3.8, 4) is 5.75 Å². The van der Waals surface area contributed by atoms with Crippen LogP contribution in [0, 0.1) is 5.82 Å². The quantitative estimate of drug-likeness (QED) is 0.720. The number of halogens is 2. The summed E-state index contributed by atoms with van der Waals surface area (Å²) in [6, 6.07) is 16.7. The van der Waals surface area contributed by atoms with Crippen molar-refractivity contribution in [2.75, 3.05) is 5.32 Å². The summed E-state index contributed by atoms with van der Waals surface area (Å²) in [5, 5.41) is 2.75. The van der Waals surface area contributed by atoms with Crippen molar-refractivity contribution >= 4 is 23.2 Å². The van der Waals surface area contributed by atoms with Gasteiger partial charge in [0.2, 0.25) is 0 Å². The maximum Gasteiger partial charge on any atom is 0.257 e. The van der Waals surface area contributed by atoms with Gasteiger partial charge in [-0.25, -0.2) is 4.39 Å². The number of nitrogens with zero attached hydrogens (tertiary/aromatic N) is 1. The Morgan fingerprint density at radius 1 is 1.12 bits per heavy atom. The minimum Gasteiger partial charge on any atom is -0.487 e. The third kappa shape index (κ3) is 4.55. The molecule has 0 aliphatic carbocycles. The topological polar surface area (TPSA) is 51.2 Å². The number of anilines is 1. The fraction of sp³-hybridized carbons (Fsp3) is 0.0526. The van der Waals surface area contributed by atoms with Gasteiger partial charge in [-0.3, -0.25) is 9.78 Å². The van der Waals surface area contributed by atoms with Gasteiger partial charge in [-0.2, -0.15) is 0 Å². The third-order valence-corrected chi connectivity index (χ3v) is 3.63. The zero-order valence-corrected chi connectivity index (χ0v) is 13.8. The predicted octanol–water partition coefficient (Wildman–Crippen LogP) is 4.71. The van der Waals surface area contributed by atoms with E-state index in [1.54, 1.807) is 12.1 Å². The predicted molar refractivity (Wildman–Crippen MR) is 94.4 cm³/mol. The second kappa shape index (κ2) is 7.77. The standard InChI is InChI=1S/C19H14ClFN2O2/c20-14-7-9-18(17(21)10-14)23-19(24)13-6-8-15(22-11-13)12-25-16-4-2-1-3-5-16/h1-11H,12H2,(H,23,24). The van der Waals surface area contributed by atoms with E-state index in [0.29, 0.717) is 11.3 Å². The average Bonchev–Trinajstić information content (AvgIpc) is 2.63. The zero-order valence-electron chi connectivity index (χ0n) is 13.1. The van der Waals surface area contributed by atoms with Crippen molar-refractivity contribution in [3.63, 3.8) is 0 Å². The number of amides is 1. The fourth-order valence-corrected chi connectivity index (χ4v) is 2.26. The molecular weight excluding hydrogens is 343 g/mol. The van der Waals surface area contributed by atoms with Gasteiger partial charge in [0.1, 0.15) is 18.2 Å². The molecule has 1 heterocycles. The molecule has 6 heteroatoms. The summed E-state index contributed by atoms with van der Waals surface area (Å²) in [6.07, 6.45) is 1.42. The van der Waals surface area contributed by atoms with Crippen LogP contribution in [0.4, 0.5) is 10.1 Å². The van der Waals surface area contributed by atoms with E-state index >= 15 is 0 Å². The maximum absolute atomic E-state index is 13.7. The minimum absolute atomic E-state index is 0.0610. The summed E-state index contributed by atoms with van der Waals surface area (Å²) >= 11 is 5.69. The van der Waals surface area contributed by atoms with Gasteiger partial charge >= 0.3 is 0 Å². The Labute approximate surface area is 149 Å². The number of carbonyl (C=O) groups excluding carboxylic acids is 1. The first-order chi connectivity index (χ1) is 12.1. The molecule has 25 heavy (non-hydrogen) atoms. The fourth-order valence-electron chi connectivity index (χ4n) is 2.10. The molecule has 0 unspecified atom stereocenters. The molecule has 3 aromatic rings. The Morgan fingerprint density at radius 3 is 2.60 bits per heavy atom. The molecule has 0 saturated heterocycles. The average molecular weight is 357 g/mol. The normalized spacial score (nSPS) is 10.3. The maximum atomic E-state index is 13.7. The van der Waals surface area contributed by atoms with Crippen LogP contribution in [0.3, 0.4) is 0 Å². The lowest BCUT2D eigenvalue weighted by Gasteiger charge is -2.08. The summed E-state index contributed by atoms with van der Waals surface area (Å²) in [6.45, 7) is 0.289. The molecule has 2 aromatic carbocycles. The van der Waals surface area contributed by atoms with Crippen molar-refractivity contribution < 1.29 is 13.9 Å². The first kappa shape index (κ1) is 16.9. The highest BCUT2D eigenvalue weighted by Crippen LogP contribution is 2.19. The minimum atomic E-state index is -0.596. The van der Waals surface area contributed by atoms with E-state index in [-0.39, 0.29) is 17.3 Å². The van der Waals surface area contributed by atoms with Crippen LogP contribution in [0.15, 0.2) is 66.9 Å². The first-order valence-electron chi connectivity index (χ1n) is 7.51. The summed E-state index contributed by atoms with van der Waals surface area (Å²) in [5.41, 5.74) is 1.06. The molecule has 0 atom stereocenters. The molecule has 0 bridgehead atoms. The second-order valence-corrected chi connectivity index (χ2v) is 5.65. The smallest absolute Gasteiger partial charge is 0.257 e. The summed E-state index contributed by atoms with van der Waals surface area (Å²) < 4.78 is 19.3. The number of pyridine rings is 1. The highest BCUT2D eigenvalue weighted by atomic mass is 35.5. The molecule has 3 rings (SSSR count). The van der Waals surface area contributed by atoms with Gasteiger partial charge in [-0.15, -0.1) is 0 Å². The molecule has 0 aliphatic heterocycles. The van der Waals surface area contributed by atoms with Crippen LogP contribution in [0.25, 0.3) is 0 Å². The van der Waals surface area contributed by atoms with Crippen LogP contribution in [0.5, 0.6) is 5.75 Å². The summed E-state index contributed by atoms with van der Waals surface area (Å²) in [7, 11) is 0. The van der Waals surface area contributed by atoms with Crippen molar-refractivity contribution in [2.24, 2.45) is 0 Å². The number of aromatic nitrogens is 1. The van der Waals surface area contributed by atoms with Crippen LogP contribution in [0.1, 0.15) is 16.1 Å². The van der Waals surface area contributed by atoms with E-state index in [4.69, 9.17) is 16.3 Å². The lowest BCUT2D eigenvalue weighted by molar-refractivity contribution is 0.102. The van der Waals surface area contributed by atoms with Crippen LogP contribution in [-0.4, -0.2) is 10.9 Å². The summed E-state index contributed by atoms with van der Waals surface area (Å²) in [5.74, 6) is -0.310. The van der Waals surface area contributed by atoms with E-state index in [0.717, 1.165) is 11.8 Å². The molecule has 1 amide bonds. The van der Waals surface area contributed by atoms with Gasteiger partial charge in [-0.1, -0.05) is 29.8 Å². The van der Waals surface area contributed by atoms with Gasteiger partial charge in [0.15, 0.2) is 0 Å². The van der Waals surface area contributed by atoms with Gasteiger partial charge in [0, 0.05) is 11.2 Å². The van der Waals surface area contributed by atoms with E-state index in [2.05, 4.69) is 10.3 Å². The number of benzene rings is 2. The molecule has 1 aromatic heterocycles. The molecule has 126 valence electrons. The monoisotopic (exact) mass is 356 g/mol. The van der Waals surface area contributed by atoms with Crippen molar-refractivity contribution in [2.45, 2.75) is 6.61 Å². The largest absolute Gasteiger partial charge is 0.487 e. The Morgan fingerprint density at radius 2 is 1.92 bits per heavy atom. The third-order valence-electron chi connectivity index (χ3n) is 3.40. The second-order valence-electron chi connectivity index (χ2n) is 5.22.